The summed E-state index contributed by atoms with van der Waals surface area (Å²) >= 11 is 0. The van der Waals surface area contributed by atoms with Gasteiger partial charge in [-0.05, 0) is 43.0 Å². The van der Waals surface area contributed by atoms with E-state index < -0.39 is 0 Å². The molecule has 1 aromatic heterocycles. The molecule has 0 N–H and O–H groups in total. The molecule has 0 unspecified atom stereocenters. The van der Waals surface area contributed by atoms with Crippen LogP contribution in [0.4, 0.5) is 5.69 Å². The fourth-order valence-corrected chi connectivity index (χ4v) is 3.94. The summed E-state index contributed by atoms with van der Waals surface area (Å²) in [6.45, 7) is 5.99. The summed E-state index contributed by atoms with van der Waals surface area (Å²) in [5, 5.41) is 0. The van der Waals surface area contributed by atoms with E-state index in [2.05, 4.69) is 28.9 Å². The van der Waals surface area contributed by atoms with Crippen LogP contribution >= 0.6 is 0 Å². The van der Waals surface area contributed by atoms with E-state index in [1.54, 1.807) is 0 Å². The summed E-state index contributed by atoms with van der Waals surface area (Å²) in [6, 6.07) is 10.1. The molecule has 1 saturated heterocycles. The van der Waals surface area contributed by atoms with Crippen LogP contribution in [-0.2, 0) is 11.2 Å². The maximum Gasteiger partial charge on any atom is 0.229 e. The standard InChI is InChI=1S/C21H25N3O2/c1-16-14-22-8-7-19(16)23-9-4-10-24(12-11-23)21(25)18-13-17-5-2-3-6-20(17)26-15-18/h2-3,5-8,14,18H,4,9-13,15H2,1H3/t18-/m0/s1. The molecule has 0 aliphatic carbocycles. The Morgan fingerprint density at radius 1 is 1.15 bits per heavy atom. The first kappa shape index (κ1) is 16.9. The number of para-hydroxylation sites is 1. The van der Waals surface area contributed by atoms with Gasteiger partial charge in [0, 0.05) is 44.3 Å². The van der Waals surface area contributed by atoms with Crippen LogP contribution in [0.25, 0.3) is 0 Å². The third-order valence-corrected chi connectivity index (χ3v) is 5.37. The summed E-state index contributed by atoms with van der Waals surface area (Å²) in [6.07, 6.45) is 5.50. The Labute approximate surface area is 154 Å². The number of hydrogen-bond donors (Lipinski definition) is 0. The van der Waals surface area contributed by atoms with Gasteiger partial charge < -0.3 is 14.5 Å². The second-order valence-electron chi connectivity index (χ2n) is 7.15. The van der Waals surface area contributed by atoms with Crippen molar-refractivity contribution in [2.24, 2.45) is 5.92 Å². The quantitative estimate of drug-likeness (QED) is 0.835. The van der Waals surface area contributed by atoms with Crippen molar-refractivity contribution in [1.82, 2.24) is 9.88 Å². The van der Waals surface area contributed by atoms with E-state index in [4.69, 9.17) is 4.74 Å². The zero-order valence-corrected chi connectivity index (χ0v) is 15.2. The highest BCUT2D eigenvalue weighted by atomic mass is 16.5. The van der Waals surface area contributed by atoms with Crippen molar-refractivity contribution in [3.05, 3.63) is 53.9 Å². The van der Waals surface area contributed by atoms with Gasteiger partial charge in [0.1, 0.15) is 12.4 Å². The van der Waals surface area contributed by atoms with Gasteiger partial charge in [0.05, 0.1) is 5.92 Å². The Hall–Kier alpha value is -2.56. The molecular weight excluding hydrogens is 326 g/mol. The predicted molar refractivity (Wildman–Crippen MR) is 102 cm³/mol. The Bertz CT molecular complexity index is 792. The minimum absolute atomic E-state index is 0.0703. The fourth-order valence-electron chi connectivity index (χ4n) is 3.94. The van der Waals surface area contributed by atoms with E-state index in [9.17, 15) is 4.79 Å². The van der Waals surface area contributed by atoms with Crippen molar-refractivity contribution < 1.29 is 9.53 Å². The Morgan fingerprint density at radius 3 is 2.92 bits per heavy atom. The lowest BCUT2D eigenvalue weighted by Gasteiger charge is -2.30. The van der Waals surface area contributed by atoms with E-state index in [-0.39, 0.29) is 11.8 Å². The molecule has 26 heavy (non-hydrogen) atoms. The first-order chi connectivity index (χ1) is 12.7. The fraction of sp³-hybridized carbons (Fsp3) is 0.429. The normalized spacial score (nSPS) is 20.1. The molecule has 1 amide bonds. The third kappa shape index (κ3) is 3.39. The molecule has 2 aliphatic rings. The summed E-state index contributed by atoms with van der Waals surface area (Å²) < 4.78 is 5.82. The molecule has 5 nitrogen and oxygen atoms in total. The predicted octanol–water partition coefficient (Wildman–Crippen LogP) is 2.68. The lowest BCUT2D eigenvalue weighted by atomic mass is 9.95. The van der Waals surface area contributed by atoms with Gasteiger partial charge in [-0.1, -0.05) is 18.2 Å². The van der Waals surface area contributed by atoms with Crippen molar-refractivity contribution in [2.75, 3.05) is 37.7 Å². The smallest absolute Gasteiger partial charge is 0.229 e. The third-order valence-electron chi connectivity index (χ3n) is 5.37. The highest BCUT2D eigenvalue weighted by Crippen LogP contribution is 2.28. The highest BCUT2D eigenvalue weighted by molar-refractivity contribution is 5.80. The van der Waals surface area contributed by atoms with Gasteiger partial charge in [-0.2, -0.15) is 0 Å². The number of nitrogens with zero attached hydrogens (tertiary/aromatic N) is 3. The van der Waals surface area contributed by atoms with Gasteiger partial charge in [0.25, 0.3) is 0 Å². The van der Waals surface area contributed by atoms with E-state index in [1.807, 2.05) is 35.5 Å². The van der Waals surface area contributed by atoms with Gasteiger partial charge in [0.2, 0.25) is 5.91 Å². The van der Waals surface area contributed by atoms with Crippen LogP contribution in [0.5, 0.6) is 5.75 Å². The molecule has 4 rings (SSSR count). The molecule has 2 aliphatic heterocycles. The lowest BCUT2D eigenvalue weighted by molar-refractivity contribution is -0.136. The van der Waals surface area contributed by atoms with Crippen LogP contribution in [-0.4, -0.2) is 48.6 Å². The van der Waals surface area contributed by atoms with Gasteiger partial charge in [-0.3, -0.25) is 9.78 Å². The van der Waals surface area contributed by atoms with E-state index in [0.29, 0.717) is 6.61 Å². The van der Waals surface area contributed by atoms with Gasteiger partial charge in [-0.15, -0.1) is 0 Å². The molecule has 0 saturated carbocycles. The average molecular weight is 351 g/mol. The summed E-state index contributed by atoms with van der Waals surface area (Å²) in [5.74, 6) is 1.08. The van der Waals surface area contributed by atoms with Gasteiger partial charge in [0.15, 0.2) is 0 Å². The largest absolute Gasteiger partial charge is 0.492 e. The van der Waals surface area contributed by atoms with Crippen molar-refractivity contribution in [2.45, 2.75) is 19.8 Å². The SMILES string of the molecule is Cc1cnccc1N1CCCN(C(=O)[C@@H]2COc3ccccc3C2)CC1. The Balaban J connectivity index is 1.41. The maximum atomic E-state index is 13.0. The highest BCUT2D eigenvalue weighted by Gasteiger charge is 2.30. The molecule has 2 aromatic rings. The van der Waals surface area contributed by atoms with Crippen molar-refractivity contribution in [1.29, 1.82) is 0 Å². The summed E-state index contributed by atoms with van der Waals surface area (Å²) in [4.78, 5) is 21.6. The minimum Gasteiger partial charge on any atom is -0.492 e. The molecule has 5 heteroatoms. The number of carbonyl (C=O) groups is 1. The molecule has 1 aromatic carbocycles. The average Bonchev–Trinajstić information content (AvgIpc) is 2.93. The van der Waals surface area contributed by atoms with Crippen LogP contribution in [0.15, 0.2) is 42.7 Å². The van der Waals surface area contributed by atoms with Crippen molar-refractivity contribution in [3.8, 4) is 5.75 Å². The lowest BCUT2D eigenvalue weighted by Crippen LogP contribution is -2.42. The Morgan fingerprint density at radius 2 is 2.04 bits per heavy atom. The first-order valence-corrected chi connectivity index (χ1v) is 9.37. The van der Waals surface area contributed by atoms with Crippen LogP contribution in [0.1, 0.15) is 17.5 Å². The zero-order chi connectivity index (χ0) is 17.9. The monoisotopic (exact) mass is 351 g/mol. The Kier molecular flexibility index (Phi) is 4.78. The van der Waals surface area contributed by atoms with Crippen LogP contribution in [0, 0.1) is 12.8 Å². The van der Waals surface area contributed by atoms with Gasteiger partial charge in [-0.25, -0.2) is 0 Å². The van der Waals surface area contributed by atoms with Crippen LogP contribution in [0.3, 0.4) is 0 Å². The second-order valence-corrected chi connectivity index (χ2v) is 7.15. The second kappa shape index (κ2) is 7.36. The number of pyridine rings is 1. The van der Waals surface area contributed by atoms with Gasteiger partial charge >= 0.3 is 0 Å². The molecular formula is C21H25N3O2. The van der Waals surface area contributed by atoms with E-state index in [0.717, 1.165) is 50.3 Å². The van der Waals surface area contributed by atoms with Crippen molar-refractivity contribution >= 4 is 11.6 Å². The van der Waals surface area contributed by atoms with Crippen molar-refractivity contribution in [3.63, 3.8) is 0 Å². The zero-order valence-electron chi connectivity index (χ0n) is 15.2. The topological polar surface area (TPSA) is 45.7 Å². The molecule has 0 spiro atoms. The molecule has 1 fully saturated rings. The van der Waals surface area contributed by atoms with Crippen LogP contribution < -0.4 is 9.64 Å². The molecule has 136 valence electrons. The number of rotatable bonds is 2. The minimum atomic E-state index is -0.0703. The maximum absolute atomic E-state index is 13.0. The number of ether oxygens (including phenoxy) is 1. The number of benzene rings is 1. The van der Waals surface area contributed by atoms with E-state index in [1.165, 1.54) is 11.3 Å². The number of aryl methyl sites for hydroxylation is 1. The van der Waals surface area contributed by atoms with Crippen LogP contribution in [0.2, 0.25) is 0 Å². The molecule has 1 atom stereocenters. The molecule has 3 heterocycles. The number of amides is 1. The number of aromatic nitrogens is 1. The molecule has 0 radical (unpaired) electrons. The molecule has 0 bridgehead atoms. The number of hydrogen-bond acceptors (Lipinski definition) is 4. The summed E-state index contributed by atoms with van der Waals surface area (Å²) in [7, 11) is 0. The summed E-state index contributed by atoms with van der Waals surface area (Å²) in [5.41, 5.74) is 3.55. The van der Waals surface area contributed by atoms with E-state index >= 15 is 0 Å². The first-order valence-electron chi connectivity index (χ1n) is 9.37. The number of anilines is 1. The number of fused-ring (bicyclic) bond motifs is 1. The number of carbonyl (C=O) groups excluding carboxylic acids is 1.